The summed E-state index contributed by atoms with van der Waals surface area (Å²) in [5.41, 5.74) is 0. The van der Waals surface area contributed by atoms with Crippen LogP contribution in [0.2, 0.25) is 0 Å². The number of rotatable bonds is 10. The van der Waals surface area contributed by atoms with Crippen LogP contribution in [0.1, 0.15) is 32.1 Å². The van der Waals surface area contributed by atoms with Gasteiger partial charge in [-0.05, 0) is 37.1 Å². The van der Waals surface area contributed by atoms with Crippen molar-refractivity contribution in [2.45, 2.75) is 32.1 Å². The lowest BCUT2D eigenvalue weighted by Crippen LogP contribution is -2.03. The Hall–Kier alpha value is -2.38. The van der Waals surface area contributed by atoms with Gasteiger partial charge in [-0.15, -0.1) is 0 Å². The van der Waals surface area contributed by atoms with Crippen molar-refractivity contribution in [2.24, 2.45) is 0 Å². The van der Waals surface area contributed by atoms with Crippen LogP contribution in [-0.2, 0) is 0 Å². The fourth-order valence-corrected chi connectivity index (χ4v) is 2.34. The lowest BCUT2D eigenvalue weighted by Gasteiger charge is -2.09. The monoisotopic (exact) mass is 392 g/mol. The van der Waals surface area contributed by atoms with E-state index in [9.17, 15) is 26.3 Å². The molecule has 0 aliphatic carbocycles. The van der Waals surface area contributed by atoms with Gasteiger partial charge in [0.2, 0.25) is 11.6 Å². The minimum Gasteiger partial charge on any atom is -0.490 e. The SMILES string of the molecule is Fc1ccc(OCCCCCCCOc2ccc(F)c(F)c2F)c(F)c1F. The smallest absolute Gasteiger partial charge is 0.203 e. The number of unbranched alkanes of at least 4 members (excludes halogenated alkanes) is 4. The van der Waals surface area contributed by atoms with E-state index in [4.69, 9.17) is 9.47 Å². The molecule has 0 saturated heterocycles. The van der Waals surface area contributed by atoms with Crippen molar-refractivity contribution in [3.63, 3.8) is 0 Å². The Morgan fingerprint density at radius 3 is 1.26 bits per heavy atom. The van der Waals surface area contributed by atoms with Crippen LogP contribution in [0.25, 0.3) is 0 Å². The number of hydrogen-bond acceptors (Lipinski definition) is 2. The molecule has 2 nitrogen and oxygen atoms in total. The molecule has 0 atom stereocenters. The zero-order valence-electron chi connectivity index (χ0n) is 14.3. The van der Waals surface area contributed by atoms with E-state index in [0.29, 0.717) is 12.8 Å². The second-order valence-corrected chi connectivity index (χ2v) is 5.81. The predicted molar refractivity (Wildman–Crippen MR) is 86.7 cm³/mol. The lowest BCUT2D eigenvalue weighted by atomic mass is 10.1. The molecule has 0 aliphatic heterocycles. The quantitative estimate of drug-likeness (QED) is 0.283. The van der Waals surface area contributed by atoms with Gasteiger partial charge in [-0.2, -0.15) is 8.78 Å². The van der Waals surface area contributed by atoms with Gasteiger partial charge in [0, 0.05) is 0 Å². The van der Waals surface area contributed by atoms with E-state index < -0.39 is 34.9 Å². The van der Waals surface area contributed by atoms with E-state index >= 15 is 0 Å². The molecule has 0 radical (unpaired) electrons. The van der Waals surface area contributed by atoms with Crippen molar-refractivity contribution in [1.82, 2.24) is 0 Å². The molecule has 0 heterocycles. The molecule has 0 saturated carbocycles. The third-order valence-corrected chi connectivity index (χ3v) is 3.80. The third kappa shape index (κ3) is 5.80. The molecule has 0 spiro atoms. The average molecular weight is 392 g/mol. The third-order valence-electron chi connectivity index (χ3n) is 3.80. The number of ether oxygens (including phenoxy) is 2. The van der Waals surface area contributed by atoms with Crippen LogP contribution in [-0.4, -0.2) is 13.2 Å². The second kappa shape index (κ2) is 10.1. The van der Waals surface area contributed by atoms with Crippen LogP contribution >= 0.6 is 0 Å². The average Bonchev–Trinajstić information content (AvgIpc) is 2.66. The molecule has 27 heavy (non-hydrogen) atoms. The summed E-state index contributed by atoms with van der Waals surface area (Å²) in [6.07, 6.45) is 3.43. The van der Waals surface area contributed by atoms with Gasteiger partial charge in [0.1, 0.15) is 0 Å². The first-order valence-corrected chi connectivity index (χ1v) is 8.44. The molecule has 2 aromatic rings. The molecule has 0 bridgehead atoms. The largest absolute Gasteiger partial charge is 0.490 e. The van der Waals surface area contributed by atoms with Gasteiger partial charge in [0.15, 0.2) is 34.8 Å². The molecule has 0 unspecified atom stereocenters. The Kier molecular flexibility index (Phi) is 7.82. The Labute approximate surface area is 152 Å². The van der Waals surface area contributed by atoms with Crippen molar-refractivity contribution in [2.75, 3.05) is 13.2 Å². The van der Waals surface area contributed by atoms with Crippen LogP contribution in [0.5, 0.6) is 11.5 Å². The molecule has 0 aliphatic rings. The first-order chi connectivity index (χ1) is 12.9. The van der Waals surface area contributed by atoms with E-state index in [-0.39, 0.29) is 24.7 Å². The van der Waals surface area contributed by atoms with Crippen LogP contribution in [0, 0.1) is 34.9 Å². The van der Waals surface area contributed by atoms with E-state index in [1.54, 1.807) is 0 Å². The summed E-state index contributed by atoms with van der Waals surface area (Å²) >= 11 is 0. The molecule has 2 rings (SSSR count). The van der Waals surface area contributed by atoms with Gasteiger partial charge in [-0.25, -0.2) is 17.6 Å². The fourth-order valence-electron chi connectivity index (χ4n) is 2.34. The first kappa shape index (κ1) is 20.9. The maximum absolute atomic E-state index is 13.4. The van der Waals surface area contributed by atoms with E-state index in [1.165, 1.54) is 0 Å². The molecular weight excluding hydrogens is 374 g/mol. The van der Waals surface area contributed by atoms with Crippen LogP contribution < -0.4 is 9.47 Å². The molecular formula is C19H18F6O2. The van der Waals surface area contributed by atoms with E-state index in [0.717, 1.165) is 43.5 Å². The van der Waals surface area contributed by atoms with Gasteiger partial charge in [0.05, 0.1) is 13.2 Å². The van der Waals surface area contributed by atoms with Gasteiger partial charge < -0.3 is 9.47 Å². The highest BCUT2D eigenvalue weighted by atomic mass is 19.2. The highest BCUT2D eigenvalue weighted by Crippen LogP contribution is 2.23. The first-order valence-electron chi connectivity index (χ1n) is 8.44. The summed E-state index contributed by atoms with van der Waals surface area (Å²) in [6, 6.07) is 3.65. The molecule has 0 fully saturated rings. The van der Waals surface area contributed by atoms with Gasteiger partial charge in [0.25, 0.3) is 0 Å². The van der Waals surface area contributed by atoms with Crippen molar-refractivity contribution < 1.29 is 35.8 Å². The summed E-state index contributed by atoms with van der Waals surface area (Å²) in [4.78, 5) is 0. The summed E-state index contributed by atoms with van der Waals surface area (Å²) < 4.78 is 88.5. The Balaban J connectivity index is 1.57. The summed E-state index contributed by atoms with van der Waals surface area (Å²) in [7, 11) is 0. The lowest BCUT2D eigenvalue weighted by molar-refractivity contribution is 0.273. The fraction of sp³-hybridized carbons (Fsp3) is 0.368. The number of halogens is 6. The van der Waals surface area contributed by atoms with Crippen molar-refractivity contribution in [3.05, 3.63) is 59.2 Å². The van der Waals surface area contributed by atoms with Crippen molar-refractivity contribution in [1.29, 1.82) is 0 Å². The Bertz CT molecular complexity index is 703. The van der Waals surface area contributed by atoms with Gasteiger partial charge >= 0.3 is 0 Å². The van der Waals surface area contributed by atoms with Crippen LogP contribution in [0.15, 0.2) is 24.3 Å². The summed E-state index contributed by atoms with van der Waals surface area (Å²) in [5.74, 6) is -9.05. The minimum atomic E-state index is -1.56. The number of hydrogen-bond donors (Lipinski definition) is 0. The highest BCUT2D eigenvalue weighted by molar-refractivity contribution is 5.26. The van der Waals surface area contributed by atoms with Crippen molar-refractivity contribution >= 4 is 0 Å². The topological polar surface area (TPSA) is 18.5 Å². The standard InChI is InChI=1S/C19H18F6O2/c20-12-6-8-14(18(24)16(12)22)26-10-4-2-1-3-5-11-27-15-9-7-13(21)17(23)19(15)25/h6-9H,1-5,10-11H2. The highest BCUT2D eigenvalue weighted by Gasteiger charge is 2.15. The zero-order chi connectivity index (χ0) is 19.8. The Morgan fingerprint density at radius 2 is 0.852 bits per heavy atom. The maximum atomic E-state index is 13.4. The molecule has 8 heteroatoms. The molecule has 2 aromatic carbocycles. The second-order valence-electron chi connectivity index (χ2n) is 5.81. The van der Waals surface area contributed by atoms with Crippen LogP contribution in [0.3, 0.4) is 0 Å². The minimum absolute atomic E-state index is 0.151. The van der Waals surface area contributed by atoms with Crippen LogP contribution in [0.4, 0.5) is 26.3 Å². The summed E-state index contributed by atoms with van der Waals surface area (Å²) in [5, 5.41) is 0. The molecule has 0 N–H and O–H groups in total. The van der Waals surface area contributed by atoms with E-state index in [2.05, 4.69) is 0 Å². The Morgan fingerprint density at radius 1 is 0.481 bits per heavy atom. The maximum Gasteiger partial charge on any atom is 0.203 e. The molecule has 148 valence electrons. The zero-order valence-corrected chi connectivity index (χ0v) is 14.3. The van der Waals surface area contributed by atoms with Gasteiger partial charge in [-0.3, -0.25) is 0 Å². The summed E-state index contributed by atoms with van der Waals surface area (Å²) in [6.45, 7) is 0.303. The molecule has 0 aromatic heterocycles. The normalized spacial score (nSPS) is 10.9. The van der Waals surface area contributed by atoms with Gasteiger partial charge in [-0.1, -0.05) is 19.3 Å². The molecule has 0 amide bonds. The number of benzene rings is 2. The van der Waals surface area contributed by atoms with E-state index in [1.807, 2.05) is 0 Å². The predicted octanol–water partition coefficient (Wildman–Crippen LogP) is 5.93. The van der Waals surface area contributed by atoms with Crippen molar-refractivity contribution in [3.8, 4) is 11.5 Å².